The number of amides is 1. The summed E-state index contributed by atoms with van der Waals surface area (Å²) < 4.78 is 34.9. The lowest BCUT2D eigenvalue weighted by atomic mass is 10.1. The molecular formula is C29H37N3O5S. The molecule has 0 saturated heterocycles. The molecule has 0 aliphatic carbocycles. The lowest BCUT2D eigenvalue weighted by Gasteiger charge is -2.15. The Bertz CT molecular complexity index is 1290. The lowest BCUT2D eigenvalue weighted by Crippen LogP contribution is -2.30. The molecule has 3 rings (SSSR count). The second kappa shape index (κ2) is 14.4. The number of carbonyl (C=O) groups is 1. The number of aliphatic hydroxyl groups is 1. The minimum atomic E-state index is -3.89. The number of ether oxygens (including phenoxy) is 1. The van der Waals surface area contributed by atoms with E-state index in [-0.39, 0.29) is 11.5 Å². The minimum absolute atomic E-state index is 0.0977. The van der Waals surface area contributed by atoms with Crippen LogP contribution >= 0.6 is 0 Å². The van der Waals surface area contributed by atoms with Crippen LogP contribution in [-0.2, 0) is 16.6 Å². The van der Waals surface area contributed by atoms with E-state index in [0.29, 0.717) is 34.9 Å². The number of unbranched alkanes of at least 4 members (excludes halogenated alkanes) is 5. The molecule has 3 aromatic rings. The number of aryl methyl sites for hydroxylation is 1. The summed E-state index contributed by atoms with van der Waals surface area (Å²) in [4.78, 5) is 12.5. The van der Waals surface area contributed by atoms with Crippen LogP contribution in [-0.4, -0.2) is 26.0 Å². The highest BCUT2D eigenvalue weighted by Crippen LogP contribution is 2.28. The highest BCUT2D eigenvalue weighted by molar-refractivity contribution is 7.92. The van der Waals surface area contributed by atoms with Crippen molar-refractivity contribution in [3.05, 3.63) is 83.4 Å². The third kappa shape index (κ3) is 8.49. The third-order valence-electron chi connectivity index (χ3n) is 6.03. The van der Waals surface area contributed by atoms with E-state index in [9.17, 15) is 18.3 Å². The van der Waals surface area contributed by atoms with Gasteiger partial charge in [0.15, 0.2) is 0 Å². The molecule has 38 heavy (non-hydrogen) atoms. The summed E-state index contributed by atoms with van der Waals surface area (Å²) in [6.45, 7) is 4.24. The number of carbonyl (C=O) groups excluding carboxylic acids is 1. The molecule has 4 N–H and O–H groups in total. The summed E-state index contributed by atoms with van der Waals surface area (Å²) in [5.74, 6) is -0.0619. The SMILES string of the molecule is CCCCCCCCOc1ccc(C)cc1S(=O)(=O)Nc1ccc(NNC(=O)c2ccccc2CO)cc1. The number of nitrogens with one attached hydrogen (secondary N) is 3. The monoisotopic (exact) mass is 539 g/mol. The predicted molar refractivity (Wildman–Crippen MR) is 151 cm³/mol. The maximum absolute atomic E-state index is 13.2. The molecule has 0 aliphatic heterocycles. The summed E-state index contributed by atoms with van der Waals surface area (Å²) in [6, 6.07) is 18.4. The van der Waals surface area contributed by atoms with Crippen molar-refractivity contribution in [2.24, 2.45) is 0 Å². The van der Waals surface area contributed by atoms with Gasteiger partial charge >= 0.3 is 0 Å². The molecule has 1 amide bonds. The Morgan fingerprint density at radius 2 is 1.58 bits per heavy atom. The van der Waals surface area contributed by atoms with Gasteiger partial charge in [-0.15, -0.1) is 0 Å². The standard InChI is InChI=1S/C29H37N3O5S/c1-3-4-5-6-7-10-19-37-27-18-13-22(2)20-28(27)38(35,36)32-25-16-14-24(15-17-25)30-31-29(34)26-12-9-8-11-23(26)21-33/h8-9,11-18,20,30,32-33H,3-7,10,19,21H2,1-2H3,(H,31,34). The fraction of sp³-hybridized carbons (Fsp3) is 0.345. The van der Waals surface area contributed by atoms with Crippen LogP contribution in [0.3, 0.4) is 0 Å². The molecule has 0 saturated carbocycles. The van der Waals surface area contributed by atoms with E-state index in [1.165, 1.54) is 19.3 Å². The fourth-order valence-electron chi connectivity index (χ4n) is 3.92. The zero-order valence-electron chi connectivity index (χ0n) is 22.0. The molecule has 0 aromatic heterocycles. The molecule has 3 aromatic carbocycles. The second-order valence-electron chi connectivity index (χ2n) is 9.14. The van der Waals surface area contributed by atoms with E-state index in [1.807, 2.05) is 13.0 Å². The number of hydrogen-bond donors (Lipinski definition) is 4. The van der Waals surface area contributed by atoms with Crippen LogP contribution < -0.4 is 20.3 Å². The van der Waals surface area contributed by atoms with E-state index < -0.39 is 15.9 Å². The topological polar surface area (TPSA) is 117 Å². The Morgan fingerprint density at radius 1 is 0.895 bits per heavy atom. The minimum Gasteiger partial charge on any atom is -0.492 e. The zero-order chi connectivity index (χ0) is 27.4. The van der Waals surface area contributed by atoms with Crippen LogP contribution in [0.2, 0.25) is 0 Å². The Labute approximate surface area is 225 Å². The fourth-order valence-corrected chi connectivity index (χ4v) is 5.21. The van der Waals surface area contributed by atoms with Crippen molar-refractivity contribution in [1.29, 1.82) is 0 Å². The predicted octanol–water partition coefficient (Wildman–Crippen LogP) is 5.78. The van der Waals surface area contributed by atoms with E-state index in [2.05, 4.69) is 22.5 Å². The lowest BCUT2D eigenvalue weighted by molar-refractivity contribution is 0.0959. The van der Waals surface area contributed by atoms with Gasteiger partial charge in [0.1, 0.15) is 10.6 Å². The number of sulfonamides is 1. The van der Waals surface area contributed by atoms with E-state index >= 15 is 0 Å². The number of rotatable bonds is 15. The average molecular weight is 540 g/mol. The molecule has 0 spiro atoms. The quantitative estimate of drug-likeness (QED) is 0.144. The Balaban J connectivity index is 1.60. The summed E-state index contributed by atoms with van der Waals surface area (Å²) in [5.41, 5.74) is 8.00. The summed E-state index contributed by atoms with van der Waals surface area (Å²) in [5, 5.41) is 9.42. The van der Waals surface area contributed by atoms with Gasteiger partial charge < -0.3 is 9.84 Å². The summed E-state index contributed by atoms with van der Waals surface area (Å²) in [7, 11) is -3.89. The van der Waals surface area contributed by atoms with Crippen LogP contribution in [0.25, 0.3) is 0 Å². The van der Waals surface area contributed by atoms with Crippen molar-refractivity contribution in [3.8, 4) is 5.75 Å². The normalized spacial score (nSPS) is 11.1. The van der Waals surface area contributed by atoms with Gasteiger partial charge in [-0.2, -0.15) is 0 Å². The molecule has 0 heterocycles. The highest BCUT2D eigenvalue weighted by atomic mass is 32.2. The van der Waals surface area contributed by atoms with Gasteiger partial charge in [-0.1, -0.05) is 63.3 Å². The number of benzene rings is 3. The molecule has 204 valence electrons. The van der Waals surface area contributed by atoms with Crippen LogP contribution in [0.1, 0.15) is 66.9 Å². The number of hydrogen-bond acceptors (Lipinski definition) is 6. The van der Waals surface area contributed by atoms with Gasteiger partial charge in [-0.3, -0.25) is 20.4 Å². The zero-order valence-corrected chi connectivity index (χ0v) is 22.8. The molecule has 8 nitrogen and oxygen atoms in total. The van der Waals surface area contributed by atoms with Crippen molar-refractivity contribution in [3.63, 3.8) is 0 Å². The molecule has 0 aliphatic rings. The number of anilines is 2. The van der Waals surface area contributed by atoms with E-state index in [4.69, 9.17) is 4.74 Å². The maximum Gasteiger partial charge on any atom is 0.269 e. The highest BCUT2D eigenvalue weighted by Gasteiger charge is 2.20. The largest absolute Gasteiger partial charge is 0.492 e. The Morgan fingerprint density at radius 3 is 2.32 bits per heavy atom. The van der Waals surface area contributed by atoms with Crippen LogP contribution in [0, 0.1) is 6.92 Å². The first-order valence-corrected chi connectivity index (χ1v) is 14.4. The summed E-state index contributed by atoms with van der Waals surface area (Å²) >= 11 is 0. The number of aliphatic hydroxyl groups excluding tert-OH is 1. The molecule has 0 unspecified atom stereocenters. The van der Waals surface area contributed by atoms with Crippen LogP contribution in [0.15, 0.2) is 71.6 Å². The van der Waals surface area contributed by atoms with Gasteiger partial charge in [0, 0.05) is 11.3 Å². The van der Waals surface area contributed by atoms with Crippen LogP contribution in [0.4, 0.5) is 11.4 Å². The second-order valence-corrected chi connectivity index (χ2v) is 10.8. The first-order chi connectivity index (χ1) is 18.3. The molecule has 0 bridgehead atoms. The van der Waals surface area contributed by atoms with Gasteiger partial charge in [0.05, 0.1) is 18.9 Å². The average Bonchev–Trinajstić information content (AvgIpc) is 2.92. The summed E-state index contributed by atoms with van der Waals surface area (Å²) in [6.07, 6.45) is 6.73. The maximum atomic E-state index is 13.2. The molecule has 9 heteroatoms. The molecular weight excluding hydrogens is 502 g/mol. The van der Waals surface area contributed by atoms with Gasteiger partial charge in [-0.05, 0) is 66.9 Å². The Kier molecular flexibility index (Phi) is 11.0. The van der Waals surface area contributed by atoms with Crippen molar-refractivity contribution < 1.29 is 23.1 Å². The van der Waals surface area contributed by atoms with Crippen molar-refractivity contribution in [2.75, 3.05) is 16.8 Å². The molecule has 0 fully saturated rings. The van der Waals surface area contributed by atoms with Gasteiger partial charge in [-0.25, -0.2) is 8.42 Å². The molecule has 0 radical (unpaired) electrons. The van der Waals surface area contributed by atoms with Crippen molar-refractivity contribution in [1.82, 2.24) is 5.43 Å². The van der Waals surface area contributed by atoms with Crippen molar-refractivity contribution >= 4 is 27.3 Å². The van der Waals surface area contributed by atoms with E-state index in [0.717, 1.165) is 24.8 Å². The van der Waals surface area contributed by atoms with Gasteiger partial charge in [0.2, 0.25) is 0 Å². The van der Waals surface area contributed by atoms with Crippen molar-refractivity contribution in [2.45, 2.75) is 63.9 Å². The van der Waals surface area contributed by atoms with E-state index in [1.54, 1.807) is 60.7 Å². The van der Waals surface area contributed by atoms with Gasteiger partial charge in [0.25, 0.3) is 15.9 Å². The number of hydrazine groups is 1. The third-order valence-corrected chi connectivity index (χ3v) is 7.44. The Hall–Kier alpha value is -3.56. The van der Waals surface area contributed by atoms with Crippen LogP contribution in [0.5, 0.6) is 5.75 Å². The first kappa shape index (κ1) is 29.0. The molecule has 0 atom stereocenters. The first-order valence-electron chi connectivity index (χ1n) is 13.0. The smallest absolute Gasteiger partial charge is 0.269 e.